The van der Waals surface area contributed by atoms with Crippen molar-refractivity contribution in [3.05, 3.63) is 71.3 Å². The molecule has 0 aliphatic carbocycles. The van der Waals surface area contributed by atoms with Crippen LogP contribution in [0.15, 0.2) is 54.6 Å². The minimum absolute atomic E-state index is 0.0227. The lowest BCUT2D eigenvalue weighted by Gasteiger charge is -2.23. The Bertz CT molecular complexity index is 730. The van der Waals surface area contributed by atoms with E-state index in [1.807, 2.05) is 54.6 Å². The van der Waals surface area contributed by atoms with Gasteiger partial charge in [-0.2, -0.15) is 0 Å². The molecule has 0 fully saturated rings. The zero-order valence-corrected chi connectivity index (χ0v) is 15.2. The molecule has 0 saturated heterocycles. The monoisotopic (exact) mass is 339 g/mol. The van der Waals surface area contributed by atoms with Crippen LogP contribution < -0.4 is 5.73 Å². The van der Waals surface area contributed by atoms with Gasteiger partial charge in [-0.05, 0) is 16.5 Å². The summed E-state index contributed by atoms with van der Waals surface area (Å²) in [6, 6.07) is 16.8. The lowest BCUT2D eigenvalue weighted by molar-refractivity contribution is 0.0586. The Hall–Kier alpha value is -2.62. The highest BCUT2D eigenvalue weighted by atomic mass is 16.6. The van der Waals surface area contributed by atoms with Crippen LogP contribution in [0.2, 0.25) is 0 Å². The Morgan fingerprint density at radius 2 is 1.52 bits per heavy atom. The van der Waals surface area contributed by atoms with Crippen LogP contribution in [0.4, 0.5) is 4.79 Å². The van der Waals surface area contributed by atoms with Gasteiger partial charge in [0.2, 0.25) is 0 Å². The predicted molar refractivity (Wildman–Crippen MR) is 98.5 cm³/mol. The van der Waals surface area contributed by atoms with Crippen LogP contribution >= 0.6 is 0 Å². The van der Waals surface area contributed by atoms with Crippen LogP contribution in [-0.4, -0.2) is 11.9 Å². The second kappa shape index (κ2) is 7.51. The number of benzene rings is 2. The minimum Gasteiger partial charge on any atom is -0.441 e. The van der Waals surface area contributed by atoms with Crippen LogP contribution in [-0.2, 0) is 10.2 Å². The number of amides is 1. The summed E-state index contributed by atoms with van der Waals surface area (Å²) in [4.78, 5) is 24.2. The summed E-state index contributed by atoms with van der Waals surface area (Å²) in [5.74, 6) is -0.633. The molecule has 25 heavy (non-hydrogen) atoms. The summed E-state index contributed by atoms with van der Waals surface area (Å²) in [5, 5.41) is 0. The van der Waals surface area contributed by atoms with Crippen molar-refractivity contribution in [2.24, 2.45) is 11.7 Å². The van der Waals surface area contributed by atoms with E-state index in [0.29, 0.717) is 5.56 Å². The number of carbonyl (C=O) groups excluding carboxylic acids is 2. The van der Waals surface area contributed by atoms with E-state index in [2.05, 4.69) is 20.8 Å². The molecule has 2 rings (SSSR count). The number of ether oxygens (including phenoxy) is 1. The van der Waals surface area contributed by atoms with Gasteiger partial charge in [0.25, 0.3) is 0 Å². The Morgan fingerprint density at radius 3 is 2.00 bits per heavy atom. The third-order valence-electron chi connectivity index (χ3n) is 4.27. The molecule has 0 saturated carbocycles. The maximum absolute atomic E-state index is 12.9. The van der Waals surface area contributed by atoms with Crippen LogP contribution in [0.1, 0.15) is 55.3 Å². The number of hydrogen-bond acceptors (Lipinski definition) is 3. The summed E-state index contributed by atoms with van der Waals surface area (Å²) < 4.78 is 5.24. The smallest absolute Gasteiger partial charge is 0.405 e. The van der Waals surface area contributed by atoms with Crippen molar-refractivity contribution in [1.82, 2.24) is 0 Å². The summed E-state index contributed by atoms with van der Waals surface area (Å²) in [5.41, 5.74) is 7.72. The molecule has 4 nitrogen and oxygen atoms in total. The normalized spacial score (nSPS) is 13.8. The zero-order chi connectivity index (χ0) is 18.6. The van der Waals surface area contributed by atoms with E-state index < -0.39 is 18.1 Å². The van der Waals surface area contributed by atoms with Crippen LogP contribution in [0, 0.1) is 5.92 Å². The first-order valence-electron chi connectivity index (χ1n) is 8.36. The van der Waals surface area contributed by atoms with Crippen molar-refractivity contribution in [2.75, 3.05) is 0 Å². The van der Waals surface area contributed by atoms with Crippen molar-refractivity contribution < 1.29 is 14.3 Å². The molecule has 0 aromatic heterocycles. The number of hydrogen-bond donors (Lipinski definition) is 1. The average molecular weight is 339 g/mol. The number of carbonyl (C=O) groups is 2. The molecule has 0 bridgehead atoms. The predicted octanol–water partition coefficient (Wildman–Crippen LogP) is 4.64. The molecule has 0 aliphatic rings. The highest BCUT2D eigenvalue weighted by Gasteiger charge is 2.29. The third-order valence-corrected chi connectivity index (χ3v) is 4.27. The Kier molecular flexibility index (Phi) is 5.62. The number of rotatable bonds is 5. The highest BCUT2D eigenvalue weighted by Crippen LogP contribution is 2.29. The van der Waals surface area contributed by atoms with E-state index in [4.69, 9.17) is 10.5 Å². The second-order valence-corrected chi connectivity index (χ2v) is 7.25. The van der Waals surface area contributed by atoms with Crippen molar-refractivity contribution in [2.45, 2.75) is 39.2 Å². The number of nitrogens with two attached hydrogens (primary N) is 1. The number of primary amides is 1. The molecular weight excluding hydrogens is 314 g/mol. The van der Waals surface area contributed by atoms with Crippen LogP contribution in [0.3, 0.4) is 0 Å². The Labute approximate surface area is 149 Å². The SMILES string of the molecule is CC(C(=O)c1ccc(C(C)(C)C)cc1)C(OC(N)=O)c1ccccc1. The lowest BCUT2D eigenvalue weighted by Crippen LogP contribution is -2.26. The minimum atomic E-state index is -0.892. The van der Waals surface area contributed by atoms with E-state index >= 15 is 0 Å². The molecule has 2 unspecified atom stereocenters. The van der Waals surface area contributed by atoms with E-state index in [9.17, 15) is 9.59 Å². The van der Waals surface area contributed by atoms with Crippen LogP contribution in [0.5, 0.6) is 0 Å². The maximum Gasteiger partial charge on any atom is 0.405 e. The van der Waals surface area contributed by atoms with Gasteiger partial charge in [-0.15, -0.1) is 0 Å². The molecule has 2 atom stereocenters. The van der Waals surface area contributed by atoms with Gasteiger partial charge in [-0.3, -0.25) is 4.79 Å². The molecule has 2 N–H and O–H groups in total. The van der Waals surface area contributed by atoms with Gasteiger partial charge in [0.15, 0.2) is 5.78 Å². The standard InChI is InChI=1S/C21H25NO3/c1-14(19(25-20(22)24)16-8-6-5-7-9-16)18(23)15-10-12-17(13-11-15)21(2,3)4/h5-14,19H,1-4H3,(H2,22,24). The van der Waals surface area contributed by atoms with E-state index in [1.54, 1.807) is 6.92 Å². The molecule has 0 spiro atoms. The van der Waals surface area contributed by atoms with Crippen molar-refractivity contribution >= 4 is 11.9 Å². The largest absolute Gasteiger partial charge is 0.441 e. The van der Waals surface area contributed by atoms with Crippen molar-refractivity contribution in [1.29, 1.82) is 0 Å². The maximum atomic E-state index is 12.9. The topological polar surface area (TPSA) is 69.4 Å². The highest BCUT2D eigenvalue weighted by molar-refractivity contribution is 5.98. The fraction of sp³-hybridized carbons (Fsp3) is 0.333. The molecule has 2 aromatic rings. The quantitative estimate of drug-likeness (QED) is 0.807. The van der Waals surface area contributed by atoms with Crippen molar-refractivity contribution in [3.8, 4) is 0 Å². The van der Waals surface area contributed by atoms with Gasteiger partial charge in [0.1, 0.15) is 6.10 Å². The molecule has 4 heteroatoms. The summed E-state index contributed by atoms with van der Waals surface area (Å²) in [6.07, 6.45) is -1.61. The van der Waals surface area contributed by atoms with Gasteiger partial charge < -0.3 is 10.5 Å². The third kappa shape index (κ3) is 4.69. The average Bonchev–Trinajstić information content (AvgIpc) is 2.58. The van der Waals surface area contributed by atoms with Gasteiger partial charge in [0.05, 0.1) is 5.92 Å². The summed E-state index contributed by atoms with van der Waals surface area (Å²) in [6.45, 7) is 8.12. The fourth-order valence-corrected chi connectivity index (χ4v) is 2.76. The lowest BCUT2D eigenvalue weighted by atomic mass is 9.85. The van der Waals surface area contributed by atoms with E-state index in [1.165, 1.54) is 0 Å². The molecule has 132 valence electrons. The molecular formula is C21H25NO3. The van der Waals surface area contributed by atoms with Gasteiger partial charge >= 0.3 is 6.09 Å². The van der Waals surface area contributed by atoms with E-state index in [-0.39, 0.29) is 11.2 Å². The fourth-order valence-electron chi connectivity index (χ4n) is 2.76. The first-order chi connectivity index (χ1) is 11.7. The Morgan fingerprint density at radius 1 is 0.960 bits per heavy atom. The summed E-state index contributed by atoms with van der Waals surface area (Å²) >= 11 is 0. The number of ketones is 1. The van der Waals surface area contributed by atoms with Gasteiger partial charge in [0, 0.05) is 5.56 Å². The molecule has 0 heterocycles. The molecule has 2 aromatic carbocycles. The number of Topliss-reactive ketones (excluding diaryl/α,β-unsaturated/α-hetero) is 1. The van der Waals surface area contributed by atoms with Gasteiger partial charge in [-0.1, -0.05) is 82.3 Å². The molecule has 1 amide bonds. The van der Waals surface area contributed by atoms with Crippen molar-refractivity contribution in [3.63, 3.8) is 0 Å². The second-order valence-electron chi connectivity index (χ2n) is 7.25. The zero-order valence-electron chi connectivity index (χ0n) is 15.2. The molecule has 0 radical (unpaired) electrons. The summed E-state index contributed by atoms with van der Waals surface area (Å²) in [7, 11) is 0. The van der Waals surface area contributed by atoms with E-state index in [0.717, 1.165) is 11.1 Å². The van der Waals surface area contributed by atoms with Gasteiger partial charge in [-0.25, -0.2) is 4.79 Å². The first kappa shape index (κ1) is 18.7. The first-order valence-corrected chi connectivity index (χ1v) is 8.36. The Balaban J connectivity index is 2.27. The molecule has 0 aliphatic heterocycles. The van der Waals surface area contributed by atoms with Crippen LogP contribution in [0.25, 0.3) is 0 Å².